The molecule has 1 heterocycles. The summed E-state index contributed by atoms with van der Waals surface area (Å²) in [6.07, 6.45) is 9.10. The first-order valence-corrected chi connectivity index (χ1v) is 10.4. The fourth-order valence-corrected chi connectivity index (χ4v) is 3.31. The van der Waals surface area contributed by atoms with Crippen LogP contribution in [-0.4, -0.2) is 44.2 Å². The summed E-state index contributed by atoms with van der Waals surface area (Å²) < 4.78 is 16.6. The molecule has 1 fully saturated rings. The lowest BCUT2D eigenvalue weighted by molar-refractivity contribution is 0.0109. The molecule has 1 aromatic carbocycles. The Kier molecular flexibility index (Phi) is 10.7. The van der Waals surface area contributed by atoms with Crippen molar-refractivity contribution in [2.24, 2.45) is 0 Å². The van der Waals surface area contributed by atoms with Crippen LogP contribution < -0.4 is 4.74 Å². The molecule has 4 heteroatoms. The summed E-state index contributed by atoms with van der Waals surface area (Å²) in [5, 5.41) is 9.98. The molecule has 1 N–H and O–H groups in total. The van der Waals surface area contributed by atoms with Gasteiger partial charge in [-0.05, 0) is 42.9 Å². The first-order chi connectivity index (χ1) is 12.8. The van der Waals surface area contributed by atoms with Gasteiger partial charge in [0, 0.05) is 19.8 Å². The zero-order chi connectivity index (χ0) is 18.5. The van der Waals surface area contributed by atoms with Crippen molar-refractivity contribution in [3.63, 3.8) is 0 Å². The second-order valence-electron chi connectivity index (χ2n) is 7.26. The van der Waals surface area contributed by atoms with Gasteiger partial charge in [-0.2, -0.15) is 0 Å². The fourth-order valence-electron chi connectivity index (χ4n) is 3.31. The van der Waals surface area contributed by atoms with Gasteiger partial charge in [0.1, 0.15) is 18.5 Å². The summed E-state index contributed by atoms with van der Waals surface area (Å²) >= 11 is 0. The standard InChI is InChI=1S/C22H36O4/c1-2-3-4-5-6-7-14-25-17-21(23)18-26-22-10-8-19(9-11-22)20-12-15-24-16-13-20/h8-11,20-21,23H,2-7,12-18H2,1H3. The molecule has 0 amide bonds. The minimum absolute atomic E-state index is 0.271. The number of rotatable bonds is 13. The number of benzene rings is 1. The summed E-state index contributed by atoms with van der Waals surface area (Å²) in [6, 6.07) is 8.25. The molecule has 0 aromatic heterocycles. The predicted molar refractivity (Wildman–Crippen MR) is 105 cm³/mol. The number of ether oxygens (including phenoxy) is 3. The van der Waals surface area contributed by atoms with Crippen LogP contribution in [0, 0.1) is 0 Å². The number of hydrogen-bond donors (Lipinski definition) is 1. The lowest BCUT2D eigenvalue weighted by Gasteiger charge is -2.22. The molecule has 148 valence electrons. The maximum atomic E-state index is 9.98. The van der Waals surface area contributed by atoms with Crippen LogP contribution in [0.4, 0.5) is 0 Å². The number of hydrogen-bond acceptors (Lipinski definition) is 4. The number of aliphatic hydroxyl groups excluding tert-OH is 1. The summed E-state index contributed by atoms with van der Waals surface area (Å²) in [4.78, 5) is 0. The zero-order valence-electron chi connectivity index (χ0n) is 16.3. The number of aliphatic hydroxyl groups is 1. The molecule has 1 aliphatic rings. The average molecular weight is 365 g/mol. The van der Waals surface area contributed by atoms with E-state index in [1.165, 1.54) is 37.7 Å². The highest BCUT2D eigenvalue weighted by Crippen LogP contribution is 2.28. The highest BCUT2D eigenvalue weighted by atomic mass is 16.5. The second kappa shape index (κ2) is 13.1. The van der Waals surface area contributed by atoms with Crippen molar-refractivity contribution in [3.05, 3.63) is 29.8 Å². The Bertz CT molecular complexity index is 454. The lowest BCUT2D eigenvalue weighted by atomic mass is 9.92. The Morgan fingerprint density at radius 2 is 1.69 bits per heavy atom. The zero-order valence-corrected chi connectivity index (χ0v) is 16.3. The van der Waals surface area contributed by atoms with Crippen molar-refractivity contribution < 1.29 is 19.3 Å². The van der Waals surface area contributed by atoms with Crippen molar-refractivity contribution in [3.8, 4) is 5.75 Å². The fraction of sp³-hybridized carbons (Fsp3) is 0.727. The predicted octanol–water partition coefficient (Wildman–Crippen LogP) is 4.70. The second-order valence-corrected chi connectivity index (χ2v) is 7.26. The molecule has 1 saturated heterocycles. The van der Waals surface area contributed by atoms with E-state index in [1.54, 1.807) is 0 Å². The van der Waals surface area contributed by atoms with Crippen LogP contribution in [-0.2, 0) is 9.47 Å². The molecule has 0 aliphatic carbocycles. The third kappa shape index (κ3) is 8.52. The molecule has 1 unspecified atom stereocenters. The highest BCUT2D eigenvalue weighted by molar-refractivity contribution is 5.29. The van der Waals surface area contributed by atoms with Crippen LogP contribution in [0.1, 0.15) is 69.8 Å². The van der Waals surface area contributed by atoms with Crippen LogP contribution in [0.3, 0.4) is 0 Å². The maximum Gasteiger partial charge on any atom is 0.119 e. The van der Waals surface area contributed by atoms with Gasteiger partial charge >= 0.3 is 0 Å². The quantitative estimate of drug-likeness (QED) is 0.516. The van der Waals surface area contributed by atoms with E-state index >= 15 is 0 Å². The van der Waals surface area contributed by atoms with Crippen molar-refractivity contribution in [1.82, 2.24) is 0 Å². The first-order valence-electron chi connectivity index (χ1n) is 10.4. The Morgan fingerprint density at radius 1 is 1.00 bits per heavy atom. The molecule has 0 spiro atoms. The average Bonchev–Trinajstić information content (AvgIpc) is 2.69. The van der Waals surface area contributed by atoms with E-state index in [4.69, 9.17) is 14.2 Å². The van der Waals surface area contributed by atoms with Crippen molar-refractivity contribution in [2.75, 3.05) is 33.0 Å². The Hall–Kier alpha value is -1.10. The van der Waals surface area contributed by atoms with Crippen LogP contribution >= 0.6 is 0 Å². The van der Waals surface area contributed by atoms with Crippen LogP contribution in [0.2, 0.25) is 0 Å². The van der Waals surface area contributed by atoms with E-state index in [1.807, 2.05) is 12.1 Å². The van der Waals surface area contributed by atoms with Gasteiger partial charge in [-0.25, -0.2) is 0 Å². The minimum Gasteiger partial charge on any atom is -0.491 e. The summed E-state index contributed by atoms with van der Waals surface area (Å²) in [7, 11) is 0. The molecule has 1 atom stereocenters. The van der Waals surface area contributed by atoms with Gasteiger partial charge in [-0.1, -0.05) is 51.2 Å². The van der Waals surface area contributed by atoms with Crippen LogP contribution in [0.25, 0.3) is 0 Å². The van der Waals surface area contributed by atoms with Gasteiger partial charge < -0.3 is 19.3 Å². The van der Waals surface area contributed by atoms with Gasteiger partial charge in [-0.15, -0.1) is 0 Å². The van der Waals surface area contributed by atoms with Gasteiger partial charge in [0.25, 0.3) is 0 Å². The van der Waals surface area contributed by atoms with E-state index < -0.39 is 6.10 Å². The van der Waals surface area contributed by atoms with Gasteiger partial charge in [0.05, 0.1) is 6.61 Å². The van der Waals surface area contributed by atoms with Crippen LogP contribution in [0.5, 0.6) is 5.75 Å². The van der Waals surface area contributed by atoms with Crippen molar-refractivity contribution >= 4 is 0 Å². The first kappa shape index (κ1) is 21.2. The molecule has 4 nitrogen and oxygen atoms in total. The third-order valence-electron chi connectivity index (χ3n) is 4.97. The molecule has 1 aliphatic heterocycles. The molecule has 0 radical (unpaired) electrons. The molecule has 26 heavy (non-hydrogen) atoms. The molecule has 2 rings (SSSR count). The van der Waals surface area contributed by atoms with Gasteiger partial charge in [0.2, 0.25) is 0 Å². The summed E-state index contributed by atoms with van der Waals surface area (Å²) in [5.41, 5.74) is 1.35. The van der Waals surface area contributed by atoms with E-state index in [0.29, 0.717) is 12.5 Å². The number of unbranched alkanes of at least 4 members (excludes halogenated alkanes) is 5. The minimum atomic E-state index is -0.578. The summed E-state index contributed by atoms with van der Waals surface area (Å²) in [5.74, 6) is 1.40. The van der Waals surface area contributed by atoms with Crippen molar-refractivity contribution in [1.29, 1.82) is 0 Å². The Morgan fingerprint density at radius 3 is 2.42 bits per heavy atom. The van der Waals surface area contributed by atoms with Crippen LogP contribution in [0.15, 0.2) is 24.3 Å². The van der Waals surface area contributed by atoms with E-state index in [2.05, 4.69) is 19.1 Å². The molecule has 1 aromatic rings. The van der Waals surface area contributed by atoms with E-state index in [0.717, 1.165) is 44.8 Å². The molecule has 0 bridgehead atoms. The SMILES string of the molecule is CCCCCCCCOCC(O)COc1ccc(C2CCOCC2)cc1. The normalized spacial score (nSPS) is 16.5. The van der Waals surface area contributed by atoms with Gasteiger partial charge in [0.15, 0.2) is 0 Å². The van der Waals surface area contributed by atoms with E-state index in [9.17, 15) is 5.11 Å². The third-order valence-corrected chi connectivity index (χ3v) is 4.97. The monoisotopic (exact) mass is 364 g/mol. The topological polar surface area (TPSA) is 47.9 Å². The lowest BCUT2D eigenvalue weighted by Crippen LogP contribution is -2.23. The smallest absolute Gasteiger partial charge is 0.119 e. The molecular formula is C22H36O4. The Labute approximate surface area is 158 Å². The maximum absolute atomic E-state index is 9.98. The van der Waals surface area contributed by atoms with Gasteiger partial charge in [-0.3, -0.25) is 0 Å². The highest BCUT2D eigenvalue weighted by Gasteiger charge is 2.15. The molecular weight excluding hydrogens is 328 g/mol. The van der Waals surface area contributed by atoms with E-state index in [-0.39, 0.29) is 6.61 Å². The largest absolute Gasteiger partial charge is 0.491 e. The summed E-state index contributed by atoms with van der Waals surface area (Å²) in [6.45, 7) is 5.28. The molecule has 0 saturated carbocycles. The Balaban J connectivity index is 1.53. The van der Waals surface area contributed by atoms with Crippen molar-refractivity contribution in [2.45, 2.75) is 70.3 Å².